The number of rotatable bonds is 5. The highest BCUT2D eigenvalue weighted by Gasteiger charge is 2.13. The van der Waals surface area contributed by atoms with Crippen LogP contribution in [0, 0.1) is 15.9 Å². The van der Waals surface area contributed by atoms with Gasteiger partial charge in [0.05, 0.1) is 17.1 Å². The number of halogens is 2. The van der Waals surface area contributed by atoms with Crippen LogP contribution in [-0.4, -0.2) is 12.0 Å². The summed E-state index contributed by atoms with van der Waals surface area (Å²) in [5.74, 6) is -0.329. The summed E-state index contributed by atoms with van der Waals surface area (Å²) in [6.07, 6.45) is 0. The van der Waals surface area contributed by atoms with Crippen molar-refractivity contribution in [1.82, 2.24) is 0 Å². The molecule has 0 heterocycles. The zero-order valence-electron chi connectivity index (χ0n) is 11.1. The Hall–Kier alpha value is -2.34. The molecule has 5 nitrogen and oxygen atoms in total. The van der Waals surface area contributed by atoms with Crippen LogP contribution in [0.15, 0.2) is 36.4 Å². The fraction of sp³-hybridized carbons (Fsp3) is 0.143. The molecule has 0 aromatic heterocycles. The van der Waals surface area contributed by atoms with E-state index in [2.05, 4.69) is 5.32 Å². The van der Waals surface area contributed by atoms with Crippen molar-refractivity contribution in [3.63, 3.8) is 0 Å². The molecule has 7 heteroatoms. The van der Waals surface area contributed by atoms with Crippen molar-refractivity contribution < 1.29 is 14.1 Å². The summed E-state index contributed by atoms with van der Waals surface area (Å²) in [4.78, 5) is 9.79. The van der Waals surface area contributed by atoms with Gasteiger partial charge in [0.15, 0.2) is 0 Å². The van der Waals surface area contributed by atoms with Gasteiger partial charge in [0.2, 0.25) is 5.82 Å². The Kier molecular flexibility index (Phi) is 4.59. The summed E-state index contributed by atoms with van der Waals surface area (Å²) in [6, 6.07) is 8.93. The molecule has 0 spiro atoms. The number of hydrogen-bond acceptors (Lipinski definition) is 4. The third-order valence-electron chi connectivity index (χ3n) is 2.86. The van der Waals surface area contributed by atoms with Crippen molar-refractivity contribution in [2.75, 3.05) is 12.4 Å². The number of nitrogens with zero attached hydrogens (tertiary/aromatic N) is 1. The molecule has 0 aliphatic rings. The molecule has 0 aliphatic carbocycles. The quantitative estimate of drug-likeness (QED) is 0.669. The fourth-order valence-electron chi connectivity index (χ4n) is 1.78. The molecule has 2 aromatic carbocycles. The zero-order valence-corrected chi connectivity index (χ0v) is 11.9. The standard InChI is InChI=1S/C14H12ClFN2O3/c1-21-14-7-10(3-4-11(14)15)17-8-9-2-5-13(18(19)20)12(16)6-9/h2-7,17H,8H2,1H3. The van der Waals surface area contributed by atoms with Gasteiger partial charge in [-0.25, -0.2) is 0 Å². The molecule has 1 N–H and O–H groups in total. The summed E-state index contributed by atoms with van der Waals surface area (Å²) in [5, 5.41) is 14.1. The largest absolute Gasteiger partial charge is 0.495 e. The van der Waals surface area contributed by atoms with E-state index in [0.29, 0.717) is 22.9 Å². The normalized spacial score (nSPS) is 10.2. The summed E-state index contributed by atoms with van der Waals surface area (Å²) >= 11 is 5.92. The summed E-state index contributed by atoms with van der Waals surface area (Å²) in [6.45, 7) is 0.319. The number of nitro benzene ring substituents is 1. The summed E-state index contributed by atoms with van der Waals surface area (Å²) in [5.41, 5.74) is 0.800. The number of anilines is 1. The fourth-order valence-corrected chi connectivity index (χ4v) is 1.98. The van der Waals surface area contributed by atoms with Crippen molar-refractivity contribution in [3.05, 3.63) is 62.9 Å². The average molecular weight is 311 g/mol. The Morgan fingerprint density at radius 3 is 2.71 bits per heavy atom. The van der Waals surface area contributed by atoms with E-state index in [9.17, 15) is 14.5 Å². The topological polar surface area (TPSA) is 64.4 Å². The van der Waals surface area contributed by atoms with Crippen LogP contribution in [0.5, 0.6) is 5.75 Å². The molecular weight excluding hydrogens is 299 g/mol. The number of methoxy groups -OCH3 is 1. The second-order valence-electron chi connectivity index (χ2n) is 4.25. The molecule has 0 fully saturated rings. The van der Waals surface area contributed by atoms with E-state index in [1.165, 1.54) is 13.2 Å². The molecule has 0 amide bonds. The minimum absolute atomic E-state index is 0.319. The molecule has 21 heavy (non-hydrogen) atoms. The monoisotopic (exact) mass is 310 g/mol. The van der Waals surface area contributed by atoms with Gasteiger partial charge >= 0.3 is 5.69 Å². The van der Waals surface area contributed by atoms with Crippen molar-refractivity contribution in [2.24, 2.45) is 0 Å². The van der Waals surface area contributed by atoms with E-state index in [1.54, 1.807) is 18.2 Å². The molecule has 0 bridgehead atoms. The Bertz CT molecular complexity index is 679. The lowest BCUT2D eigenvalue weighted by atomic mass is 10.2. The molecule has 0 aliphatic heterocycles. The molecule has 2 aromatic rings. The van der Waals surface area contributed by atoms with Crippen molar-refractivity contribution in [1.29, 1.82) is 0 Å². The second-order valence-corrected chi connectivity index (χ2v) is 4.65. The first-order valence-electron chi connectivity index (χ1n) is 6.01. The number of hydrogen-bond donors (Lipinski definition) is 1. The molecule has 0 atom stereocenters. The van der Waals surface area contributed by atoms with Crippen LogP contribution in [0.1, 0.15) is 5.56 Å². The highest BCUT2D eigenvalue weighted by molar-refractivity contribution is 6.32. The molecule has 110 valence electrons. The zero-order chi connectivity index (χ0) is 15.4. The molecule has 0 radical (unpaired) electrons. The van der Waals surface area contributed by atoms with Gasteiger partial charge in [0.25, 0.3) is 0 Å². The van der Waals surface area contributed by atoms with Crippen LogP contribution >= 0.6 is 11.6 Å². The van der Waals surface area contributed by atoms with E-state index in [4.69, 9.17) is 16.3 Å². The predicted molar refractivity (Wildman–Crippen MR) is 78.4 cm³/mol. The van der Waals surface area contributed by atoms with Gasteiger partial charge in [0.1, 0.15) is 5.75 Å². The lowest BCUT2D eigenvalue weighted by Crippen LogP contribution is -2.01. The SMILES string of the molecule is COc1cc(NCc2ccc([N+](=O)[O-])c(F)c2)ccc1Cl. The van der Waals surface area contributed by atoms with Crippen LogP contribution < -0.4 is 10.1 Å². The minimum Gasteiger partial charge on any atom is -0.495 e. The van der Waals surface area contributed by atoms with Crippen LogP contribution in [0.25, 0.3) is 0 Å². The number of nitro groups is 1. The first-order valence-corrected chi connectivity index (χ1v) is 6.39. The molecule has 2 rings (SSSR count). The van der Waals surface area contributed by atoms with Gasteiger partial charge in [-0.05, 0) is 23.8 Å². The van der Waals surface area contributed by atoms with Crippen molar-refractivity contribution in [2.45, 2.75) is 6.54 Å². The Morgan fingerprint density at radius 1 is 1.33 bits per heavy atom. The minimum atomic E-state index is -0.854. The Balaban J connectivity index is 2.09. The van der Waals surface area contributed by atoms with Gasteiger partial charge in [0, 0.05) is 24.4 Å². The molecule has 0 unspecified atom stereocenters. The third kappa shape index (κ3) is 3.61. The van der Waals surface area contributed by atoms with Gasteiger partial charge in [-0.15, -0.1) is 0 Å². The van der Waals surface area contributed by atoms with E-state index < -0.39 is 16.4 Å². The Labute approximate surface area is 125 Å². The van der Waals surface area contributed by atoms with Crippen molar-refractivity contribution >= 4 is 23.0 Å². The van der Waals surface area contributed by atoms with E-state index in [1.807, 2.05) is 0 Å². The third-order valence-corrected chi connectivity index (χ3v) is 3.17. The molecule has 0 saturated carbocycles. The van der Waals surface area contributed by atoms with Crippen molar-refractivity contribution in [3.8, 4) is 5.75 Å². The number of nitrogens with one attached hydrogen (secondary N) is 1. The highest BCUT2D eigenvalue weighted by atomic mass is 35.5. The summed E-state index contributed by atoms with van der Waals surface area (Å²) < 4.78 is 18.6. The lowest BCUT2D eigenvalue weighted by molar-refractivity contribution is -0.387. The van der Waals surface area contributed by atoms with Gasteiger partial charge < -0.3 is 10.1 Å². The Morgan fingerprint density at radius 2 is 2.10 bits per heavy atom. The second kappa shape index (κ2) is 6.41. The highest BCUT2D eigenvalue weighted by Crippen LogP contribution is 2.27. The number of benzene rings is 2. The maximum absolute atomic E-state index is 13.5. The first kappa shape index (κ1) is 15.1. The van der Waals surface area contributed by atoms with Gasteiger partial charge in [-0.2, -0.15) is 4.39 Å². The number of ether oxygens (including phenoxy) is 1. The molecular formula is C14H12ClFN2O3. The molecule has 0 saturated heterocycles. The summed E-state index contributed by atoms with van der Waals surface area (Å²) in [7, 11) is 1.51. The van der Waals surface area contributed by atoms with Gasteiger partial charge in [-0.3, -0.25) is 10.1 Å². The average Bonchev–Trinajstić information content (AvgIpc) is 2.46. The van der Waals surface area contributed by atoms with Crippen LogP contribution in [0.3, 0.4) is 0 Å². The van der Waals surface area contributed by atoms with Crippen LogP contribution in [0.2, 0.25) is 5.02 Å². The van der Waals surface area contributed by atoms with Crippen LogP contribution in [-0.2, 0) is 6.54 Å². The van der Waals surface area contributed by atoms with E-state index >= 15 is 0 Å². The van der Waals surface area contributed by atoms with Crippen LogP contribution in [0.4, 0.5) is 15.8 Å². The first-order chi connectivity index (χ1) is 10.0. The maximum Gasteiger partial charge on any atom is 0.304 e. The predicted octanol–water partition coefficient (Wildman–Crippen LogP) is 4.01. The van der Waals surface area contributed by atoms with E-state index in [0.717, 1.165) is 17.8 Å². The smallest absolute Gasteiger partial charge is 0.304 e. The van der Waals surface area contributed by atoms with E-state index in [-0.39, 0.29) is 0 Å². The van der Waals surface area contributed by atoms with Gasteiger partial charge in [-0.1, -0.05) is 17.7 Å². The lowest BCUT2D eigenvalue weighted by Gasteiger charge is -2.09. The maximum atomic E-state index is 13.5.